The van der Waals surface area contributed by atoms with Crippen molar-refractivity contribution in [2.24, 2.45) is 11.7 Å². The Bertz CT molecular complexity index is 647. The molecule has 1 fully saturated rings. The van der Waals surface area contributed by atoms with E-state index in [9.17, 15) is 14.4 Å². The second-order valence-corrected chi connectivity index (χ2v) is 6.49. The highest BCUT2D eigenvalue weighted by atomic mass is 16.5. The number of ether oxygens (including phenoxy) is 1. The average Bonchev–Trinajstić information content (AvgIpc) is 2.56. The Kier molecular flexibility index (Phi) is 6.38. The highest BCUT2D eigenvalue weighted by Gasteiger charge is 2.26. The van der Waals surface area contributed by atoms with E-state index in [2.05, 4.69) is 17.6 Å². The van der Waals surface area contributed by atoms with E-state index >= 15 is 0 Å². The Hall–Kier alpha value is -2.57. The fourth-order valence-corrected chi connectivity index (χ4v) is 2.98. The van der Waals surface area contributed by atoms with Crippen LogP contribution in [0, 0.1) is 5.92 Å². The van der Waals surface area contributed by atoms with Crippen molar-refractivity contribution in [3.05, 3.63) is 29.8 Å². The average molecular weight is 347 g/mol. The third-order valence-electron chi connectivity index (χ3n) is 4.46. The monoisotopic (exact) mass is 347 g/mol. The Morgan fingerprint density at radius 1 is 1.24 bits per heavy atom. The molecule has 0 heterocycles. The summed E-state index contributed by atoms with van der Waals surface area (Å²) in [5.74, 6) is -0.497. The van der Waals surface area contributed by atoms with Gasteiger partial charge in [0, 0.05) is 11.7 Å². The van der Waals surface area contributed by atoms with Gasteiger partial charge < -0.3 is 21.1 Å². The van der Waals surface area contributed by atoms with Crippen molar-refractivity contribution in [3.8, 4) is 0 Å². The number of benzene rings is 1. The molecule has 1 aromatic rings. The highest BCUT2D eigenvalue weighted by molar-refractivity contribution is 5.95. The summed E-state index contributed by atoms with van der Waals surface area (Å²) in [5.41, 5.74) is 5.67. The van der Waals surface area contributed by atoms with Crippen molar-refractivity contribution in [2.75, 3.05) is 5.32 Å². The summed E-state index contributed by atoms with van der Waals surface area (Å²) in [6.07, 6.45) is 3.44. The molecule has 3 atom stereocenters. The number of urea groups is 1. The summed E-state index contributed by atoms with van der Waals surface area (Å²) >= 11 is 0. The van der Waals surface area contributed by atoms with E-state index < -0.39 is 18.1 Å². The quantitative estimate of drug-likeness (QED) is 0.710. The van der Waals surface area contributed by atoms with Gasteiger partial charge in [0.05, 0.1) is 5.56 Å². The number of esters is 1. The van der Waals surface area contributed by atoms with Crippen LogP contribution in [-0.2, 0) is 9.53 Å². The molecule has 4 N–H and O–H groups in total. The zero-order valence-electron chi connectivity index (χ0n) is 14.6. The van der Waals surface area contributed by atoms with E-state index in [1.165, 1.54) is 12.5 Å². The lowest BCUT2D eigenvalue weighted by molar-refractivity contribution is -0.130. The number of carbonyl (C=O) groups is 3. The number of hydrogen-bond acceptors (Lipinski definition) is 4. The summed E-state index contributed by atoms with van der Waals surface area (Å²) in [4.78, 5) is 35.4. The molecular formula is C18H25N3O4. The predicted octanol–water partition coefficient (Wildman–Crippen LogP) is 2.42. The van der Waals surface area contributed by atoms with Crippen LogP contribution in [-0.4, -0.2) is 30.1 Å². The molecule has 1 aromatic carbocycles. The van der Waals surface area contributed by atoms with Gasteiger partial charge in [-0.1, -0.05) is 25.8 Å². The number of rotatable bonds is 5. The largest absolute Gasteiger partial charge is 0.449 e. The number of primary amides is 1. The van der Waals surface area contributed by atoms with Crippen LogP contribution in [0.25, 0.3) is 0 Å². The Labute approximate surface area is 147 Å². The molecule has 1 aliphatic rings. The van der Waals surface area contributed by atoms with Crippen molar-refractivity contribution in [1.29, 1.82) is 0 Å². The van der Waals surface area contributed by atoms with E-state index in [-0.39, 0.29) is 17.5 Å². The summed E-state index contributed by atoms with van der Waals surface area (Å²) in [5, 5.41) is 5.36. The van der Waals surface area contributed by atoms with E-state index in [1.807, 2.05) is 0 Å². The SMILES string of the molecule is C[C@@H](OC(=O)c1cccc(NC(N)=O)c1)C(=O)N[C@H]1CCCC[C@@H]1C. The fraction of sp³-hybridized carbons (Fsp3) is 0.500. The molecule has 0 bridgehead atoms. The summed E-state index contributed by atoms with van der Waals surface area (Å²) in [7, 11) is 0. The van der Waals surface area contributed by atoms with Gasteiger partial charge in [-0.3, -0.25) is 4.79 Å². The minimum absolute atomic E-state index is 0.130. The van der Waals surface area contributed by atoms with E-state index in [1.54, 1.807) is 25.1 Å². The maximum Gasteiger partial charge on any atom is 0.338 e. The van der Waals surface area contributed by atoms with Crippen LogP contribution in [0.2, 0.25) is 0 Å². The molecule has 0 unspecified atom stereocenters. The van der Waals surface area contributed by atoms with Crippen LogP contribution in [0.15, 0.2) is 24.3 Å². The number of nitrogens with one attached hydrogen (secondary N) is 2. The number of amides is 3. The third-order valence-corrected chi connectivity index (χ3v) is 4.46. The molecule has 0 aromatic heterocycles. The molecule has 2 rings (SSSR count). The topological polar surface area (TPSA) is 111 Å². The maximum atomic E-state index is 12.3. The summed E-state index contributed by atoms with van der Waals surface area (Å²) in [6, 6.07) is 5.59. The molecule has 136 valence electrons. The molecule has 3 amide bonds. The van der Waals surface area contributed by atoms with Gasteiger partial charge in [0.2, 0.25) is 0 Å². The van der Waals surface area contributed by atoms with Gasteiger partial charge in [0.15, 0.2) is 6.10 Å². The first kappa shape index (κ1) is 18.8. The minimum Gasteiger partial charge on any atom is -0.449 e. The molecule has 0 saturated heterocycles. The van der Waals surface area contributed by atoms with Gasteiger partial charge in [-0.05, 0) is 43.9 Å². The number of carbonyl (C=O) groups excluding carboxylic acids is 3. The molecular weight excluding hydrogens is 322 g/mol. The maximum absolute atomic E-state index is 12.3. The Morgan fingerprint density at radius 2 is 1.96 bits per heavy atom. The lowest BCUT2D eigenvalue weighted by atomic mass is 9.86. The smallest absolute Gasteiger partial charge is 0.338 e. The van der Waals surface area contributed by atoms with Gasteiger partial charge in [-0.15, -0.1) is 0 Å². The normalized spacial score (nSPS) is 21.0. The van der Waals surface area contributed by atoms with Crippen LogP contribution in [0.3, 0.4) is 0 Å². The first-order chi connectivity index (χ1) is 11.9. The van der Waals surface area contributed by atoms with Gasteiger partial charge >= 0.3 is 12.0 Å². The van der Waals surface area contributed by atoms with E-state index in [0.29, 0.717) is 11.6 Å². The molecule has 25 heavy (non-hydrogen) atoms. The zero-order chi connectivity index (χ0) is 18.4. The second-order valence-electron chi connectivity index (χ2n) is 6.49. The summed E-state index contributed by atoms with van der Waals surface area (Å²) in [6.45, 7) is 3.67. The van der Waals surface area contributed by atoms with Crippen molar-refractivity contribution in [2.45, 2.75) is 51.7 Å². The molecule has 0 aliphatic heterocycles. The summed E-state index contributed by atoms with van der Waals surface area (Å²) < 4.78 is 5.24. The van der Waals surface area contributed by atoms with Crippen LogP contribution in [0.1, 0.15) is 49.9 Å². The van der Waals surface area contributed by atoms with Crippen LogP contribution in [0.4, 0.5) is 10.5 Å². The van der Waals surface area contributed by atoms with E-state index in [4.69, 9.17) is 10.5 Å². The van der Waals surface area contributed by atoms with Gasteiger partial charge in [0.25, 0.3) is 5.91 Å². The van der Waals surface area contributed by atoms with Crippen molar-refractivity contribution in [1.82, 2.24) is 5.32 Å². The predicted molar refractivity (Wildman–Crippen MR) is 94.1 cm³/mol. The Morgan fingerprint density at radius 3 is 2.64 bits per heavy atom. The number of hydrogen-bond donors (Lipinski definition) is 3. The third kappa shape index (κ3) is 5.48. The first-order valence-corrected chi connectivity index (χ1v) is 8.54. The standard InChI is InChI=1S/C18H25N3O4/c1-11-6-3-4-9-15(11)21-16(22)12(2)25-17(23)13-7-5-8-14(10-13)20-18(19)24/h5,7-8,10-12,15H,3-4,6,9H2,1-2H3,(H,21,22)(H3,19,20,24)/t11-,12+,15-/m0/s1. The van der Waals surface area contributed by atoms with Crippen LogP contribution in [0.5, 0.6) is 0 Å². The number of nitrogens with two attached hydrogens (primary N) is 1. The van der Waals surface area contributed by atoms with Crippen molar-refractivity contribution < 1.29 is 19.1 Å². The zero-order valence-corrected chi connectivity index (χ0v) is 14.6. The van der Waals surface area contributed by atoms with Gasteiger partial charge in [-0.2, -0.15) is 0 Å². The molecule has 7 heteroatoms. The highest BCUT2D eigenvalue weighted by Crippen LogP contribution is 2.23. The van der Waals surface area contributed by atoms with Gasteiger partial charge in [-0.25, -0.2) is 9.59 Å². The molecule has 1 saturated carbocycles. The fourth-order valence-electron chi connectivity index (χ4n) is 2.98. The molecule has 1 aliphatic carbocycles. The number of anilines is 1. The van der Waals surface area contributed by atoms with Crippen LogP contribution >= 0.6 is 0 Å². The minimum atomic E-state index is -0.894. The molecule has 0 spiro atoms. The van der Waals surface area contributed by atoms with Crippen LogP contribution < -0.4 is 16.4 Å². The van der Waals surface area contributed by atoms with Crippen molar-refractivity contribution >= 4 is 23.6 Å². The molecule has 7 nitrogen and oxygen atoms in total. The lowest BCUT2D eigenvalue weighted by Crippen LogP contribution is -2.45. The lowest BCUT2D eigenvalue weighted by Gasteiger charge is -2.30. The van der Waals surface area contributed by atoms with Crippen molar-refractivity contribution in [3.63, 3.8) is 0 Å². The molecule has 0 radical (unpaired) electrons. The second kappa shape index (κ2) is 8.50. The first-order valence-electron chi connectivity index (χ1n) is 8.54. The van der Waals surface area contributed by atoms with E-state index in [0.717, 1.165) is 19.3 Å². The van der Waals surface area contributed by atoms with Gasteiger partial charge in [0.1, 0.15) is 0 Å². The Balaban J connectivity index is 1.92.